The number of likely N-dealkylation sites (N-methyl/N-ethyl adjacent to an activating group) is 1. The summed E-state index contributed by atoms with van der Waals surface area (Å²) >= 11 is 0. The van der Waals surface area contributed by atoms with Crippen LogP contribution >= 0.6 is 0 Å². The fourth-order valence-corrected chi connectivity index (χ4v) is 3.46. The minimum atomic E-state index is -1.76. The normalized spacial score (nSPS) is 21.4. The quantitative estimate of drug-likeness (QED) is 0.812. The standard InChI is InChI=1S/C19H27F3N2O/c1-24(2)17-6-4-3-5-16(17)23-18(25)14-7-9-15(10-8-14)19(11-20,12-21)13-22/h7-10,16-17H,3-6,11-13H2,1-2H3,(H,23,25)/t16-,17-/m1/s1. The lowest BCUT2D eigenvalue weighted by Crippen LogP contribution is -2.51. The summed E-state index contributed by atoms with van der Waals surface area (Å²) in [6.07, 6.45) is 4.21. The van der Waals surface area contributed by atoms with Gasteiger partial charge in [-0.25, -0.2) is 13.2 Å². The predicted molar refractivity (Wildman–Crippen MR) is 93.2 cm³/mol. The number of nitrogens with zero attached hydrogens (tertiary/aromatic N) is 1. The lowest BCUT2D eigenvalue weighted by Gasteiger charge is -2.36. The molecular weight excluding hydrogens is 329 g/mol. The second-order valence-electron chi connectivity index (χ2n) is 7.15. The third-order valence-electron chi connectivity index (χ3n) is 5.24. The Morgan fingerprint density at radius 3 is 2.16 bits per heavy atom. The van der Waals surface area contributed by atoms with Gasteiger partial charge in [0.15, 0.2) is 0 Å². The predicted octanol–water partition coefficient (Wildman–Crippen LogP) is 3.44. The highest BCUT2D eigenvalue weighted by Crippen LogP contribution is 2.27. The maximum absolute atomic E-state index is 13.1. The molecule has 3 nitrogen and oxygen atoms in total. The molecule has 0 radical (unpaired) electrons. The van der Waals surface area contributed by atoms with E-state index in [1.54, 1.807) is 0 Å². The lowest BCUT2D eigenvalue weighted by molar-refractivity contribution is 0.0883. The van der Waals surface area contributed by atoms with Gasteiger partial charge in [-0.3, -0.25) is 4.79 Å². The molecule has 1 N–H and O–H groups in total. The van der Waals surface area contributed by atoms with Gasteiger partial charge in [0, 0.05) is 17.6 Å². The molecule has 0 heterocycles. The van der Waals surface area contributed by atoms with Gasteiger partial charge >= 0.3 is 0 Å². The van der Waals surface area contributed by atoms with E-state index in [1.807, 2.05) is 14.1 Å². The number of benzene rings is 1. The van der Waals surface area contributed by atoms with Crippen molar-refractivity contribution in [2.24, 2.45) is 0 Å². The SMILES string of the molecule is CN(C)[C@@H]1CCCC[C@H]1NC(=O)c1ccc(C(CF)(CF)CF)cc1. The van der Waals surface area contributed by atoms with Gasteiger partial charge in [0.2, 0.25) is 0 Å². The van der Waals surface area contributed by atoms with Crippen LogP contribution in [0.3, 0.4) is 0 Å². The molecule has 6 heteroatoms. The molecule has 1 amide bonds. The van der Waals surface area contributed by atoms with Gasteiger partial charge in [-0.1, -0.05) is 25.0 Å². The van der Waals surface area contributed by atoms with Crippen molar-refractivity contribution in [3.05, 3.63) is 35.4 Å². The molecule has 2 rings (SSSR count). The van der Waals surface area contributed by atoms with E-state index in [4.69, 9.17) is 0 Å². The fraction of sp³-hybridized carbons (Fsp3) is 0.632. The number of halogens is 3. The van der Waals surface area contributed by atoms with Gasteiger partial charge in [0.25, 0.3) is 5.91 Å². The highest BCUT2D eigenvalue weighted by molar-refractivity contribution is 5.94. The van der Waals surface area contributed by atoms with E-state index in [0.717, 1.165) is 25.7 Å². The maximum Gasteiger partial charge on any atom is 0.251 e. The molecule has 0 spiro atoms. The number of rotatable bonds is 7. The zero-order chi connectivity index (χ0) is 18.4. The van der Waals surface area contributed by atoms with E-state index in [2.05, 4.69) is 10.2 Å². The number of amides is 1. The van der Waals surface area contributed by atoms with E-state index in [1.165, 1.54) is 24.3 Å². The average molecular weight is 356 g/mol. The minimum Gasteiger partial charge on any atom is -0.348 e. The number of nitrogens with one attached hydrogen (secondary N) is 1. The molecule has 1 aromatic rings. The number of alkyl halides is 3. The Balaban J connectivity index is 2.10. The summed E-state index contributed by atoms with van der Waals surface area (Å²) in [5.41, 5.74) is -1.10. The zero-order valence-corrected chi connectivity index (χ0v) is 14.9. The smallest absolute Gasteiger partial charge is 0.251 e. The maximum atomic E-state index is 13.1. The van der Waals surface area contributed by atoms with Crippen LogP contribution in [0.1, 0.15) is 41.6 Å². The summed E-state index contributed by atoms with van der Waals surface area (Å²) < 4.78 is 39.4. The van der Waals surface area contributed by atoms with Gasteiger partial charge < -0.3 is 10.2 Å². The topological polar surface area (TPSA) is 32.3 Å². The third kappa shape index (κ3) is 4.35. The Labute approximate surface area is 147 Å². The Morgan fingerprint density at radius 1 is 1.08 bits per heavy atom. The van der Waals surface area contributed by atoms with Crippen LogP contribution in [0.25, 0.3) is 0 Å². The van der Waals surface area contributed by atoms with Gasteiger partial charge in [-0.15, -0.1) is 0 Å². The highest BCUT2D eigenvalue weighted by atomic mass is 19.1. The number of hydrogen-bond donors (Lipinski definition) is 1. The molecule has 0 aliphatic heterocycles. The van der Waals surface area contributed by atoms with E-state index in [0.29, 0.717) is 11.6 Å². The number of carbonyl (C=O) groups is 1. The Morgan fingerprint density at radius 2 is 1.64 bits per heavy atom. The Bertz CT molecular complexity index is 550. The van der Waals surface area contributed by atoms with Crippen molar-refractivity contribution >= 4 is 5.91 Å². The van der Waals surface area contributed by atoms with E-state index >= 15 is 0 Å². The first-order chi connectivity index (χ1) is 12.0. The van der Waals surface area contributed by atoms with Crippen LogP contribution in [0.15, 0.2) is 24.3 Å². The van der Waals surface area contributed by atoms with Gasteiger partial charge in [0.05, 0.1) is 5.41 Å². The highest BCUT2D eigenvalue weighted by Gasteiger charge is 2.33. The van der Waals surface area contributed by atoms with Crippen molar-refractivity contribution in [1.82, 2.24) is 10.2 Å². The van der Waals surface area contributed by atoms with Crippen LogP contribution in [-0.4, -0.2) is 57.0 Å². The molecule has 140 valence electrons. The molecule has 2 atom stereocenters. The van der Waals surface area contributed by atoms with E-state index in [-0.39, 0.29) is 17.5 Å². The fourth-order valence-electron chi connectivity index (χ4n) is 3.46. The van der Waals surface area contributed by atoms with Gasteiger partial charge in [-0.05, 0) is 44.6 Å². The summed E-state index contributed by atoms with van der Waals surface area (Å²) in [5.74, 6) is -0.211. The van der Waals surface area contributed by atoms with Crippen molar-refractivity contribution < 1.29 is 18.0 Å². The molecule has 1 aromatic carbocycles. The molecule has 0 aromatic heterocycles. The van der Waals surface area contributed by atoms with Gasteiger partial charge in [0.1, 0.15) is 20.0 Å². The van der Waals surface area contributed by atoms with Crippen LogP contribution in [0.5, 0.6) is 0 Å². The largest absolute Gasteiger partial charge is 0.348 e. The van der Waals surface area contributed by atoms with Crippen molar-refractivity contribution in [3.8, 4) is 0 Å². The van der Waals surface area contributed by atoms with Crippen molar-refractivity contribution in [2.45, 2.75) is 43.2 Å². The van der Waals surface area contributed by atoms with Crippen LogP contribution < -0.4 is 5.32 Å². The average Bonchev–Trinajstić information content (AvgIpc) is 2.64. The van der Waals surface area contributed by atoms with Crippen molar-refractivity contribution in [3.63, 3.8) is 0 Å². The molecule has 25 heavy (non-hydrogen) atoms. The first kappa shape index (κ1) is 19.8. The van der Waals surface area contributed by atoms with Crippen molar-refractivity contribution in [1.29, 1.82) is 0 Å². The zero-order valence-electron chi connectivity index (χ0n) is 14.9. The lowest BCUT2D eigenvalue weighted by atomic mass is 9.84. The number of carbonyl (C=O) groups excluding carboxylic acids is 1. The summed E-state index contributed by atoms with van der Waals surface area (Å²) in [5, 5.41) is 3.06. The van der Waals surface area contributed by atoms with E-state index < -0.39 is 25.4 Å². The minimum absolute atomic E-state index is 0.0811. The molecule has 1 fully saturated rings. The Kier molecular flexibility index (Phi) is 6.87. The molecule has 0 bridgehead atoms. The van der Waals surface area contributed by atoms with Crippen molar-refractivity contribution in [2.75, 3.05) is 34.1 Å². The Hall–Kier alpha value is -1.56. The van der Waals surface area contributed by atoms with Crippen LogP contribution in [-0.2, 0) is 5.41 Å². The molecular formula is C19H27F3N2O. The van der Waals surface area contributed by atoms with Gasteiger partial charge in [-0.2, -0.15) is 0 Å². The molecule has 0 unspecified atom stereocenters. The summed E-state index contributed by atoms with van der Waals surface area (Å²) in [6.45, 7) is -3.34. The summed E-state index contributed by atoms with van der Waals surface area (Å²) in [6, 6.07) is 6.28. The molecule has 1 aliphatic carbocycles. The van der Waals surface area contributed by atoms with E-state index in [9.17, 15) is 18.0 Å². The second-order valence-corrected chi connectivity index (χ2v) is 7.15. The summed E-state index contributed by atoms with van der Waals surface area (Å²) in [7, 11) is 4.02. The first-order valence-electron chi connectivity index (χ1n) is 8.73. The molecule has 0 saturated heterocycles. The monoisotopic (exact) mass is 356 g/mol. The molecule has 1 saturated carbocycles. The van der Waals surface area contributed by atoms with Crippen LogP contribution in [0.4, 0.5) is 13.2 Å². The summed E-state index contributed by atoms with van der Waals surface area (Å²) in [4.78, 5) is 14.6. The third-order valence-corrected chi connectivity index (χ3v) is 5.24. The molecule has 1 aliphatic rings. The van der Waals surface area contributed by atoms with Crippen LogP contribution in [0.2, 0.25) is 0 Å². The first-order valence-corrected chi connectivity index (χ1v) is 8.73. The number of hydrogen-bond acceptors (Lipinski definition) is 2. The second kappa shape index (κ2) is 8.70. The van der Waals surface area contributed by atoms with Crippen LogP contribution in [0, 0.1) is 0 Å².